The number of halogens is 3. The van der Waals surface area contributed by atoms with Gasteiger partial charge in [0.1, 0.15) is 5.15 Å². The first-order valence-corrected chi connectivity index (χ1v) is 3.02. The second kappa shape index (κ2) is 3.86. The molecule has 0 bridgehead atoms. The molecule has 0 radical (unpaired) electrons. The molecule has 5 heteroatoms. The van der Waals surface area contributed by atoms with Gasteiger partial charge in [-0.05, 0) is 6.07 Å². The van der Waals surface area contributed by atoms with Crippen molar-refractivity contribution < 1.29 is 0 Å². The summed E-state index contributed by atoms with van der Waals surface area (Å²) in [6, 6.07) is 1.50. The van der Waals surface area contributed by atoms with Gasteiger partial charge in [-0.25, -0.2) is 4.98 Å². The molecule has 0 amide bonds. The molecule has 56 valence electrons. The van der Waals surface area contributed by atoms with E-state index < -0.39 is 0 Å². The van der Waals surface area contributed by atoms with Crippen molar-refractivity contribution in [2.75, 3.05) is 5.73 Å². The molecule has 1 rings (SSSR count). The molecule has 1 aromatic heterocycles. The van der Waals surface area contributed by atoms with Crippen molar-refractivity contribution in [1.82, 2.24) is 4.98 Å². The maximum atomic E-state index is 5.56. The van der Waals surface area contributed by atoms with Gasteiger partial charge >= 0.3 is 0 Å². The summed E-state index contributed by atoms with van der Waals surface area (Å²) < 4.78 is 0. The predicted octanol–water partition coefficient (Wildman–Crippen LogP) is 2.39. The number of anilines is 1. The van der Waals surface area contributed by atoms with E-state index >= 15 is 0 Å². The lowest BCUT2D eigenvalue weighted by molar-refractivity contribution is 1.33. The highest BCUT2D eigenvalue weighted by Crippen LogP contribution is 2.19. The summed E-state index contributed by atoms with van der Waals surface area (Å²) >= 11 is 11.0. The minimum atomic E-state index is 0. The molecule has 2 N–H and O–H groups in total. The van der Waals surface area contributed by atoms with E-state index in [4.69, 9.17) is 28.9 Å². The maximum Gasteiger partial charge on any atom is 0.130 e. The van der Waals surface area contributed by atoms with Crippen LogP contribution in [0.1, 0.15) is 0 Å². The molecular formula is C5H5Cl3N2. The Hall–Kier alpha value is -0.180. The van der Waals surface area contributed by atoms with Crippen molar-refractivity contribution in [2.24, 2.45) is 0 Å². The van der Waals surface area contributed by atoms with Gasteiger partial charge in [0.25, 0.3) is 0 Å². The third-order valence-electron chi connectivity index (χ3n) is 0.849. The highest BCUT2D eigenvalue weighted by Gasteiger charge is 1.94. The Kier molecular flexibility index (Phi) is 3.79. The summed E-state index contributed by atoms with van der Waals surface area (Å²) in [6.45, 7) is 0. The fourth-order valence-electron chi connectivity index (χ4n) is 0.418. The molecule has 0 aliphatic carbocycles. The largest absolute Gasteiger partial charge is 0.396 e. The zero-order valence-corrected chi connectivity index (χ0v) is 7.17. The van der Waals surface area contributed by atoms with Gasteiger partial charge in [0, 0.05) is 0 Å². The van der Waals surface area contributed by atoms with Crippen molar-refractivity contribution >= 4 is 41.3 Å². The van der Waals surface area contributed by atoms with Gasteiger partial charge in [0.2, 0.25) is 0 Å². The number of hydrogen-bond acceptors (Lipinski definition) is 2. The SMILES string of the molecule is Cl.Nc1cnc(Cl)cc1Cl. The first-order chi connectivity index (χ1) is 4.20. The Balaban J connectivity index is 0.000000810. The molecule has 10 heavy (non-hydrogen) atoms. The number of hydrogen-bond donors (Lipinski definition) is 1. The zero-order chi connectivity index (χ0) is 6.85. The molecule has 0 aliphatic rings. The van der Waals surface area contributed by atoms with Crippen LogP contribution in [0, 0.1) is 0 Å². The average molecular weight is 199 g/mol. The first kappa shape index (κ1) is 9.82. The Morgan fingerprint density at radius 3 is 2.40 bits per heavy atom. The summed E-state index contributed by atoms with van der Waals surface area (Å²) in [6.07, 6.45) is 1.42. The second-order valence-electron chi connectivity index (χ2n) is 1.53. The van der Waals surface area contributed by atoms with Crippen LogP contribution in [0.3, 0.4) is 0 Å². The van der Waals surface area contributed by atoms with Crippen molar-refractivity contribution in [3.63, 3.8) is 0 Å². The highest BCUT2D eigenvalue weighted by molar-refractivity contribution is 6.35. The minimum Gasteiger partial charge on any atom is -0.396 e. The van der Waals surface area contributed by atoms with Crippen LogP contribution in [-0.4, -0.2) is 4.98 Å². The highest BCUT2D eigenvalue weighted by atomic mass is 35.5. The van der Waals surface area contributed by atoms with Crippen LogP contribution < -0.4 is 5.73 Å². The number of pyridine rings is 1. The van der Waals surface area contributed by atoms with Crippen molar-refractivity contribution in [2.45, 2.75) is 0 Å². The van der Waals surface area contributed by atoms with E-state index in [2.05, 4.69) is 4.98 Å². The van der Waals surface area contributed by atoms with Gasteiger partial charge in [-0.1, -0.05) is 23.2 Å². The number of nitrogens with zero attached hydrogens (tertiary/aromatic N) is 1. The minimum absolute atomic E-state index is 0. The van der Waals surface area contributed by atoms with E-state index in [1.807, 2.05) is 0 Å². The van der Waals surface area contributed by atoms with Crippen LogP contribution in [0.5, 0.6) is 0 Å². The molecule has 1 aromatic rings. The van der Waals surface area contributed by atoms with E-state index in [0.717, 1.165) is 0 Å². The summed E-state index contributed by atoms with van der Waals surface area (Å²) in [5.41, 5.74) is 5.78. The molecule has 1 heterocycles. The van der Waals surface area contributed by atoms with E-state index in [-0.39, 0.29) is 12.4 Å². The molecule has 0 saturated carbocycles. The van der Waals surface area contributed by atoms with Crippen LogP contribution in [0.15, 0.2) is 12.3 Å². The third-order valence-corrected chi connectivity index (χ3v) is 1.38. The predicted molar refractivity (Wildman–Crippen MR) is 45.9 cm³/mol. The second-order valence-corrected chi connectivity index (χ2v) is 2.32. The van der Waals surface area contributed by atoms with Crippen LogP contribution in [0.25, 0.3) is 0 Å². The first-order valence-electron chi connectivity index (χ1n) is 2.26. The lowest BCUT2D eigenvalue weighted by atomic mass is 10.4. The Labute approximate surface area is 74.8 Å². The van der Waals surface area contributed by atoms with Crippen LogP contribution in [0.2, 0.25) is 10.2 Å². The smallest absolute Gasteiger partial charge is 0.130 e. The molecule has 2 nitrogen and oxygen atoms in total. The molecule has 0 saturated heterocycles. The topological polar surface area (TPSA) is 38.9 Å². The maximum absolute atomic E-state index is 5.56. The summed E-state index contributed by atoms with van der Waals surface area (Å²) in [7, 11) is 0. The molecule has 0 aromatic carbocycles. The van der Waals surface area contributed by atoms with Crippen LogP contribution >= 0.6 is 35.6 Å². The molecule has 0 aliphatic heterocycles. The quantitative estimate of drug-likeness (QED) is 0.652. The standard InChI is InChI=1S/C5H4Cl2N2.ClH/c6-3-1-5(7)9-2-4(3)8;/h1-2H,8H2;1H. The molecule has 0 spiro atoms. The molecule has 0 fully saturated rings. The Morgan fingerprint density at radius 1 is 1.40 bits per heavy atom. The van der Waals surface area contributed by atoms with Crippen molar-refractivity contribution in [3.8, 4) is 0 Å². The van der Waals surface area contributed by atoms with Gasteiger partial charge in [-0.2, -0.15) is 0 Å². The lowest BCUT2D eigenvalue weighted by Gasteiger charge is -1.94. The van der Waals surface area contributed by atoms with Crippen LogP contribution in [0.4, 0.5) is 5.69 Å². The summed E-state index contributed by atoms with van der Waals surface area (Å²) in [5.74, 6) is 0. The lowest BCUT2D eigenvalue weighted by Crippen LogP contribution is -1.86. The molecule has 0 atom stereocenters. The zero-order valence-electron chi connectivity index (χ0n) is 4.84. The van der Waals surface area contributed by atoms with Crippen LogP contribution in [-0.2, 0) is 0 Å². The number of nitrogens with two attached hydrogens (primary N) is 1. The van der Waals surface area contributed by atoms with Gasteiger partial charge in [-0.15, -0.1) is 12.4 Å². The molecular weight excluding hydrogens is 194 g/mol. The van der Waals surface area contributed by atoms with Gasteiger partial charge in [-0.3, -0.25) is 0 Å². The number of aromatic nitrogens is 1. The fraction of sp³-hybridized carbons (Fsp3) is 0. The normalized spacial score (nSPS) is 8.60. The number of rotatable bonds is 0. The molecule has 0 unspecified atom stereocenters. The van der Waals surface area contributed by atoms with Crippen molar-refractivity contribution in [3.05, 3.63) is 22.4 Å². The van der Waals surface area contributed by atoms with Gasteiger partial charge in [0.15, 0.2) is 0 Å². The van der Waals surface area contributed by atoms with Gasteiger partial charge < -0.3 is 5.73 Å². The number of nitrogen functional groups attached to an aromatic ring is 1. The van der Waals surface area contributed by atoms with Crippen molar-refractivity contribution in [1.29, 1.82) is 0 Å². The van der Waals surface area contributed by atoms with E-state index in [1.165, 1.54) is 12.3 Å². The third kappa shape index (κ3) is 2.21. The monoisotopic (exact) mass is 198 g/mol. The fourth-order valence-corrected chi connectivity index (χ4v) is 0.784. The summed E-state index contributed by atoms with van der Waals surface area (Å²) in [4.78, 5) is 3.70. The summed E-state index contributed by atoms with van der Waals surface area (Å²) in [5, 5.41) is 0.796. The Morgan fingerprint density at radius 2 is 2.00 bits per heavy atom. The van der Waals surface area contributed by atoms with Gasteiger partial charge in [0.05, 0.1) is 16.9 Å². The van der Waals surface area contributed by atoms with E-state index in [0.29, 0.717) is 15.9 Å². The average Bonchev–Trinajstić information content (AvgIpc) is 1.80. The van der Waals surface area contributed by atoms with E-state index in [9.17, 15) is 0 Å². The van der Waals surface area contributed by atoms with E-state index in [1.54, 1.807) is 0 Å². The Bertz CT molecular complexity index is 226.